The molecule has 16 heavy (non-hydrogen) atoms. The van der Waals surface area contributed by atoms with Crippen molar-refractivity contribution >= 4 is 5.69 Å². The third kappa shape index (κ3) is 1.59. The van der Waals surface area contributed by atoms with Gasteiger partial charge in [-0.2, -0.15) is 0 Å². The number of aliphatic hydroxyl groups excluding tert-OH is 1. The molecule has 0 aromatic carbocycles. The molecule has 2 unspecified atom stereocenters. The zero-order chi connectivity index (χ0) is 11.0. The van der Waals surface area contributed by atoms with Gasteiger partial charge in [-0.1, -0.05) is 6.42 Å². The minimum atomic E-state index is 0.0923. The van der Waals surface area contributed by atoms with Gasteiger partial charge in [-0.25, -0.2) is 0 Å². The Balaban J connectivity index is 1.83. The van der Waals surface area contributed by atoms with Crippen molar-refractivity contribution in [2.24, 2.45) is 11.8 Å². The number of pyridine rings is 1. The van der Waals surface area contributed by atoms with E-state index in [1.165, 1.54) is 38.0 Å². The first-order valence-corrected chi connectivity index (χ1v) is 6.17. The molecule has 1 aromatic heterocycles. The summed E-state index contributed by atoms with van der Waals surface area (Å²) in [6.45, 7) is 2.43. The van der Waals surface area contributed by atoms with Crippen molar-refractivity contribution in [3.63, 3.8) is 0 Å². The van der Waals surface area contributed by atoms with E-state index in [1.807, 2.05) is 12.3 Å². The number of hydrogen-bond acceptors (Lipinski definition) is 3. The molecule has 1 saturated heterocycles. The summed E-state index contributed by atoms with van der Waals surface area (Å²) < 4.78 is 0. The first kappa shape index (κ1) is 10.1. The van der Waals surface area contributed by atoms with E-state index in [9.17, 15) is 5.11 Å². The van der Waals surface area contributed by atoms with Crippen LogP contribution < -0.4 is 4.90 Å². The van der Waals surface area contributed by atoms with Crippen molar-refractivity contribution in [2.45, 2.75) is 25.9 Å². The molecule has 2 heterocycles. The molecule has 2 fully saturated rings. The van der Waals surface area contributed by atoms with E-state index in [0.29, 0.717) is 0 Å². The van der Waals surface area contributed by atoms with Crippen LogP contribution in [0.2, 0.25) is 0 Å². The van der Waals surface area contributed by atoms with Gasteiger partial charge in [0.1, 0.15) is 0 Å². The van der Waals surface area contributed by atoms with Crippen LogP contribution in [0, 0.1) is 11.8 Å². The molecule has 3 rings (SSSR count). The predicted molar refractivity (Wildman–Crippen MR) is 63.2 cm³/mol. The molecule has 3 nitrogen and oxygen atoms in total. The van der Waals surface area contributed by atoms with Crippen molar-refractivity contribution in [1.82, 2.24) is 4.98 Å². The van der Waals surface area contributed by atoms with Gasteiger partial charge in [0.2, 0.25) is 0 Å². The number of hydrogen-bond donors (Lipinski definition) is 1. The number of nitrogens with zero attached hydrogens (tertiary/aromatic N) is 2. The van der Waals surface area contributed by atoms with Crippen LogP contribution in [0.1, 0.15) is 24.8 Å². The summed E-state index contributed by atoms with van der Waals surface area (Å²) >= 11 is 0. The quantitative estimate of drug-likeness (QED) is 0.822. The molecule has 1 aliphatic carbocycles. The van der Waals surface area contributed by atoms with E-state index in [4.69, 9.17) is 0 Å². The Morgan fingerprint density at radius 1 is 1.31 bits per heavy atom. The maximum Gasteiger partial charge on any atom is 0.0717 e. The van der Waals surface area contributed by atoms with Crippen LogP contribution in [0.15, 0.2) is 18.5 Å². The van der Waals surface area contributed by atoms with E-state index in [-0.39, 0.29) is 6.61 Å². The Hall–Kier alpha value is -1.09. The lowest BCUT2D eigenvalue weighted by Gasteiger charge is -2.21. The second-order valence-electron chi connectivity index (χ2n) is 5.02. The van der Waals surface area contributed by atoms with Crippen LogP contribution in [0.25, 0.3) is 0 Å². The van der Waals surface area contributed by atoms with Gasteiger partial charge in [0.15, 0.2) is 0 Å². The van der Waals surface area contributed by atoms with Gasteiger partial charge in [-0.15, -0.1) is 0 Å². The van der Waals surface area contributed by atoms with Gasteiger partial charge in [0.25, 0.3) is 0 Å². The molecule has 2 atom stereocenters. The van der Waals surface area contributed by atoms with Crippen LogP contribution in [0.3, 0.4) is 0 Å². The molecule has 1 aromatic rings. The lowest BCUT2D eigenvalue weighted by atomic mass is 10.0. The molecule has 1 saturated carbocycles. The number of rotatable bonds is 2. The lowest BCUT2D eigenvalue weighted by Crippen LogP contribution is -2.22. The molecule has 0 radical (unpaired) electrons. The van der Waals surface area contributed by atoms with Gasteiger partial charge >= 0.3 is 0 Å². The minimum Gasteiger partial charge on any atom is -0.392 e. The predicted octanol–water partition coefficient (Wildman–Crippen LogP) is 1.81. The first-order chi connectivity index (χ1) is 7.88. The number of fused-ring (bicyclic) bond motifs is 1. The second-order valence-corrected chi connectivity index (χ2v) is 5.02. The molecule has 3 heteroatoms. The van der Waals surface area contributed by atoms with Crippen LogP contribution in [-0.2, 0) is 6.61 Å². The number of anilines is 1. The van der Waals surface area contributed by atoms with E-state index in [0.717, 1.165) is 17.4 Å². The molecule has 0 bridgehead atoms. The maximum atomic E-state index is 9.32. The fraction of sp³-hybridized carbons (Fsp3) is 0.615. The number of aliphatic hydroxyl groups is 1. The van der Waals surface area contributed by atoms with Gasteiger partial charge in [-0.3, -0.25) is 4.98 Å². The monoisotopic (exact) mass is 218 g/mol. The highest BCUT2D eigenvalue weighted by atomic mass is 16.3. The van der Waals surface area contributed by atoms with E-state index < -0.39 is 0 Å². The Morgan fingerprint density at radius 3 is 2.75 bits per heavy atom. The highest BCUT2D eigenvalue weighted by molar-refractivity contribution is 5.53. The van der Waals surface area contributed by atoms with Crippen LogP contribution >= 0.6 is 0 Å². The largest absolute Gasteiger partial charge is 0.392 e. The molecule has 1 N–H and O–H groups in total. The van der Waals surface area contributed by atoms with Gasteiger partial charge in [-0.05, 0) is 30.7 Å². The Bertz CT molecular complexity index is 368. The fourth-order valence-corrected chi connectivity index (χ4v) is 3.28. The highest BCUT2D eigenvalue weighted by Gasteiger charge is 2.36. The summed E-state index contributed by atoms with van der Waals surface area (Å²) in [4.78, 5) is 6.51. The van der Waals surface area contributed by atoms with Gasteiger partial charge in [0, 0.05) is 36.7 Å². The van der Waals surface area contributed by atoms with Crippen molar-refractivity contribution in [2.75, 3.05) is 18.0 Å². The van der Waals surface area contributed by atoms with Crippen molar-refractivity contribution < 1.29 is 5.11 Å². The Kier molecular flexibility index (Phi) is 2.56. The van der Waals surface area contributed by atoms with Gasteiger partial charge in [0.05, 0.1) is 6.61 Å². The van der Waals surface area contributed by atoms with Crippen LogP contribution in [0.4, 0.5) is 5.69 Å². The summed E-state index contributed by atoms with van der Waals surface area (Å²) in [5, 5.41) is 9.32. The maximum absolute atomic E-state index is 9.32. The van der Waals surface area contributed by atoms with E-state index >= 15 is 0 Å². The fourth-order valence-electron chi connectivity index (χ4n) is 3.28. The number of aromatic nitrogens is 1. The summed E-state index contributed by atoms with van der Waals surface area (Å²) in [6, 6.07) is 2.03. The molecule has 0 spiro atoms. The van der Waals surface area contributed by atoms with Crippen LogP contribution in [0.5, 0.6) is 0 Å². The van der Waals surface area contributed by atoms with Crippen molar-refractivity contribution in [3.05, 3.63) is 24.0 Å². The Morgan fingerprint density at radius 2 is 2.06 bits per heavy atom. The summed E-state index contributed by atoms with van der Waals surface area (Å²) in [6.07, 6.45) is 7.79. The summed E-state index contributed by atoms with van der Waals surface area (Å²) in [7, 11) is 0. The minimum absolute atomic E-state index is 0.0923. The zero-order valence-electron chi connectivity index (χ0n) is 9.47. The molecule has 86 valence electrons. The smallest absolute Gasteiger partial charge is 0.0717 e. The third-order valence-electron chi connectivity index (χ3n) is 4.12. The lowest BCUT2D eigenvalue weighted by molar-refractivity contribution is 0.281. The van der Waals surface area contributed by atoms with E-state index in [1.54, 1.807) is 6.20 Å². The van der Waals surface area contributed by atoms with Gasteiger partial charge < -0.3 is 10.0 Å². The molecular weight excluding hydrogens is 200 g/mol. The molecular formula is C13H18N2O. The SMILES string of the molecule is OCc1cnccc1N1CC2CCCC2C1. The van der Waals surface area contributed by atoms with E-state index in [2.05, 4.69) is 9.88 Å². The molecule has 1 aliphatic heterocycles. The molecule has 2 aliphatic rings. The average Bonchev–Trinajstić information content (AvgIpc) is 2.89. The average molecular weight is 218 g/mol. The summed E-state index contributed by atoms with van der Waals surface area (Å²) in [5.74, 6) is 1.78. The normalized spacial score (nSPS) is 28.4. The standard InChI is InChI=1S/C13H18N2O/c16-9-12-6-14-5-4-13(12)15-7-10-2-1-3-11(10)8-15/h4-6,10-11,16H,1-3,7-9H2. The first-order valence-electron chi connectivity index (χ1n) is 6.17. The summed E-state index contributed by atoms with van der Waals surface area (Å²) in [5.41, 5.74) is 2.15. The van der Waals surface area contributed by atoms with Crippen LogP contribution in [-0.4, -0.2) is 23.2 Å². The highest BCUT2D eigenvalue weighted by Crippen LogP contribution is 2.40. The Labute approximate surface area is 96.1 Å². The third-order valence-corrected chi connectivity index (χ3v) is 4.12. The molecule has 0 amide bonds. The second kappa shape index (κ2) is 4.06. The topological polar surface area (TPSA) is 36.4 Å². The zero-order valence-corrected chi connectivity index (χ0v) is 9.47. The van der Waals surface area contributed by atoms with Crippen molar-refractivity contribution in [3.8, 4) is 0 Å². The van der Waals surface area contributed by atoms with Crippen molar-refractivity contribution in [1.29, 1.82) is 0 Å².